The zero-order chi connectivity index (χ0) is 12.1. The molecule has 0 heterocycles. The summed E-state index contributed by atoms with van der Waals surface area (Å²) in [4.78, 5) is 0. The average Bonchev–Trinajstić information content (AvgIpc) is 2.38. The summed E-state index contributed by atoms with van der Waals surface area (Å²) in [6, 6.07) is 6.58. The fourth-order valence-corrected chi connectivity index (χ4v) is 2.40. The highest BCUT2D eigenvalue weighted by Gasteiger charge is 2.20. The second-order valence-electron chi connectivity index (χ2n) is 4.86. The molecule has 0 spiro atoms. The Morgan fingerprint density at radius 2 is 1.72 bits per heavy atom. The monoisotopic (exact) mass is 273 g/mol. The molecule has 0 unspecified atom stereocenters. The molecule has 1 saturated carbocycles. The van der Waals surface area contributed by atoms with Crippen molar-refractivity contribution < 1.29 is 9.13 Å². The van der Waals surface area contributed by atoms with Crippen molar-refractivity contribution in [2.24, 2.45) is 17.6 Å². The van der Waals surface area contributed by atoms with Crippen LogP contribution in [0.3, 0.4) is 0 Å². The molecule has 0 saturated heterocycles. The molecule has 18 heavy (non-hydrogen) atoms. The van der Waals surface area contributed by atoms with Crippen molar-refractivity contribution in [3.05, 3.63) is 30.1 Å². The molecule has 1 aliphatic rings. The van der Waals surface area contributed by atoms with E-state index >= 15 is 0 Å². The molecule has 1 aromatic rings. The van der Waals surface area contributed by atoms with E-state index < -0.39 is 0 Å². The molecule has 102 valence electrons. The van der Waals surface area contributed by atoms with E-state index in [1.165, 1.54) is 18.9 Å². The lowest BCUT2D eigenvalue weighted by atomic mass is 9.82. The molecule has 2 N–H and O–H groups in total. The fraction of sp³-hybridized carbons (Fsp3) is 0.571. The Hall–Kier alpha value is -0.800. The molecular weight excluding hydrogens is 253 g/mol. The number of benzene rings is 1. The lowest BCUT2D eigenvalue weighted by Crippen LogP contribution is -2.24. The molecule has 4 heteroatoms. The first-order valence-electron chi connectivity index (χ1n) is 6.37. The van der Waals surface area contributed by atoms with Crippen LogP contribution in [0.15, 0.2) is 24.3 Å². The Morgan fingerprint density at radius 3 is 2.33 bits per heavy atom. The molecule has 0 atom stereocenters. The van der Waals surface area contributed by atoms with Gasteiger partial charge in [-0.3, -0.25) is 0 Å². The van der Waals surface area contributed by atoms with Crippen molar-refractivity contribution in [1.82, 2.24) is 0 Å². The van der Waals surface area contributed by atoms with Gasteiger partial charge in [0.25, 0.3) is 0 Å². The van der Waals surface area contributed by atoms with Gasteiger partial charge in [-0.2, -0.15) is 0 Å². The van der Waals surface area contributed by atoms with Gasteiger partial charge in [-0.25, -0.2) is 4.39 Å². The predicted octanol–water partition coefficient (Wildman–Crippen LogP) is 3.39. The van der Waals surface area contributed by atoms with E-state index in [4.69, 9.17) is 10.5 Å². The van der Waals surface area contributed by atoms with Crippen LogP contribution < -0.4 is 10.5 Å². The zero-order valence-electron chi connectivity index (χ0n) is 10.5. The van der Waals surface area contributed by atoms with Gasteiger partial charge < -0.3 is 10.5 Å². The molecule has 2 rings (SSSR count). The smallest absolute Gasteiger partial charge is 0.165 e. The van der Waals surface area contributed by atoms with E-state index in [1.54, 1.807) is 18.2 Å². The van der Waals surface area contributed by atoms with Gasteiger partial charge in [0, 0.05) is 0 Å². The summed E-state index contributed by atoms with van der Waals surface area (Å²) in [6.07, 6.45) is 4.66. The van der Waals surface area contributed by atoms with Crippen molar-refractivity contribution in [2.45, 2.75) is 25.7 Å². The van der Waals surface area contributed by atoms with Crippen LogP contribution in [0, 0.1) is 17.7 Å². The molecule has 2 nitrogen and oxygen atoms in total. The molecule has 1 fully saturated rings. The van der Waals surface area contributed by atoms with Gasteiger partial charge >= 0.3 is 0 Å². The number of ether oxygens (including phenoxy) is 1. The number of hydrogen-bond acceptors (Lipinski definition) is 2. The summed E-state index contributed by atoms with van der Waals surface area (Å²) in [7, 11) is 0. The number of nitrogens with two attached hydrogens (primary N) is 1. The van der Waals surface area contributed by atoms with Gasteiger partial charge in [-0.05, 0) is 56.2 Å². The van der Waals surface area contributed by atoms with E-state index in [0.29, 0.717) is 24.2 Å². The molecule has 0 amide bonds. The summed E-state index contributed by atoms with van der Waals surface area (Å²) in [6.45, 7) is 1.42. The van der Waals surface area contributed by atoms with Gasteiger partial charge in [-0.15, -0.1) is 12.4 Å². The van der Waals surface area contributed by atoms with Gasteiger partial charge in [-0.1, -0.05) is 12.1 Å². The molecule has 0 aliphatic heterocycles. The third-order valence-corrected chi connectivity index (χ3v) is 3.61. The van der Waals surface area contributed by atoms with Gasteiger partial charge in [0.1, 0.15) is 0 Å². The predicted molar refractivity (Wildman–Crippen MR) is 73.6 cm³/mol. The summed E-state index contributed by atoms with van der Waals surface area (Å²) < 4.78 is 18.9. The van der Waals surface area contributed by atoms with Crippen LogP contribution in [0.5, 0.6) is 5.75 Å². The summed E-state index contributed by atoms with van der Waals surface area (Å²) in [5.74, 6) is 1.33. The van der Waals surface area contributed by atoms with Crippen LogP contribution in [-0.2, 0) is 0 Å². The van der Waals surface area contributed by atoms with Gasteiger partial charge in [0.15, 0.2) is 11.6 Å². The van der Waals surface area contributed by atoms with Crippen LogP contribution in [0.4, 0.5) is 4.39 Å². The van der Waals surface area contributed by atoms with Crippen molar-refractivity contribution >= 4 is 12.4 Å². The van der Waals surface area contributed by atoms with E-state index in [1.807, 2.05) is 0 Å². The largest absolute Gasteiger partial charge is 0.490 e. The quantitative estimate of drug-likeness (QED) is 0.913. The molecule has 1 aromatic carbocycles. The normalized spacial score (nSPS) is 23.2. The summed E-state index contributed by atoms with van der Waals surface area (Å²) in [5, 5.41) is 0. The highest BCUT2D eigenvalue weighted by atomic mass is 35.5. The average molecular weight is 274 g/mol. The first-order valence-corrected chi connectivity index (χ1v) is 6.37. The summed E-state index contributed by atoms with van der Waals surface area (Å²) in [5.41, 5.74) is 5.65. The van der Waals surface area contributed by atoms with Crippen LogP contribution in [0.1, 0.15) is 25.7 Å². The van der Waals surface area contributed by atoms with Crippen molar-refractivity contribution in [1.29, 1.82) is 0 Å². The minimum absolute atomic E-state index is 0. The van der Waals surface area contributed by atoms with Crippen LogP contribution in [0.2, 0.25) is 0 Å². The number of halogens is 2. The molecule has 0 bridgehead atoms. The number of rotatable bonds is 4. The van der Waals surface area contributed by atoms with E-state index in [2.05, 4.69) is 0 Å². The summed E-state index contributed by atoms with van der Waals surface area (Å²) >= 11 is 0. The lowest BCUT2D eigenvalue weighted by Gasteiger charge is -2.27. The number of hydrogen-bond donors (Lipinski definition) is 1. The minimum Gasteiger partial charge on any atom is -0.490 e. The SMILES string of the molecule is Cl.NC[C@H]1CC[C@@H](COc2ccccc2F)CC1. The Kier molecular flexibility index (Phi) is 6.44. The number of para-hydroxylation sites is 1. The Morgan fingerprint density at radius 1 is 1.11 bits per heavy atom. The standard InChI is InChI=1S/C14H20FNO.ClH/c15-13-3-1-2-4-14(13)17-10-12-7-5-11(9-16)6-8-12;/h1-4,11-12H,5-10,16H2;1H/t11-,12+;. The maximum absolute atomic E-state index is 13.3. The first kappa shape index (κ1) is 15.3. The maximum atomic E-state index is 13.3. The van der Waals surface area contributed by atoms with E-state index in [0.717, 1.165) is 19.4 Å². The van der Waals surface area contributed by atoms with E-state index in [-0.39, 0.29) is 18.2 Å². The van der Waals surface area contributed by atoms with Crippen LogP contribution in [0.25, 0.3) is 0 Å². The Bertz CT molecular complexity index is 353. The molecule has 0 radical (unpaired) electrons. The Balaban J connectivity index is 0.00000162. The Labute approximate surface area is 114 Å². The van der Waals surface area contributed by atoms with Crippen LogP contribution in [-0.4, -0.2) is 13.2 Å². The second-order valence-corrected chi connectivity index (χ2v) is 4.86. The second kappa shape index (κ2) is 7.59. The van der Waals surface area contributed by atoms with Crippen LogP contribution >= 0.6 is 12.4 Å². The third kappa shape index (κ3) is 4.14. The fourth-order valence-electron chi connectivity index (χ4n) is 2.40. The van der Waals surface area contributed by atoms with Crippen molar-refractivity contribution in [3.8, 4) is 5.75 Å². The minimum atomic E-state index is -0.275. The first-order chi connectivity index (χ1) is 8.29. The lowest BCUT2D eigenvalue weighted by molar-refractivity contribution is 0.180. The molecule has 0 aromatic heterocycles. The topological polar surface area (TPSA) is 35.2 Å². The molecular formula is C14H21ClFNO. The zero-order valence-corrected chi connectivity index (χ0v) is 11.3. The maximum Gasteiger partial charge on any atom is 0.165 e. The van der Waals surface area contributed by atoms with E-state index in [9.17, 15) is 4.39 Å². The molecule has 1 aliphatic carbocycles. The van der Waals surface area contributed by atoms with Crippen molar-refractivity contribution in [3.63, 3.8) is 0 Å². The third-order valence-electron chi connectivity index (χ3n) is 3.61. The van der Waals surface area contributed by atoms with Gasteiger partial charge in [0.2, 0.25) is 0 Å². The highest BCUT2D eigenvalue weighted by Crippen LogP contribution is 2.29. The van der Waals surface area contributed by atoms with Gasteiger partial charge in [0.05, 0.1) is 6.61 Å². The highest BCUT2D eigenvalue weighted by molar-refractivity contribution is 5.85. The van der Waals surface area contributed by atoms with Crippen molar-refractivity contribution in [2.75, 3.05) is 13.2 Å².